The van der Waals surface area contributed by atoms with Crippen molar-refractivity contribution in [3.8, 4) is 11.5 Å². The van der Waals surface area contributed by atoms with Crippen LogP contribution in [0.2, 0.25) is 0 Å². The summed E-state index contributed by atoms with van der Waals surface area (Å²) in [7, 11) is 1.44. The molecule has 0 atom stereocenters. The molecular weight excluding hydrogens is 438 g/mol. The van der Waals surface area contributed by atoms with Crippen LogP contribution in [0.25, 0.3) is 0 Å². The van der Waals surface area contributed by atoms with Crippen molar-refractivity contribution in [3.05, 3.63) is 48.0 Å². The standard InChI is InChI=1S/C25H31N3O6/c1-4-27-11-13-28(14-12-27)21-8-6-20(7-9-21)26-24(30)16-34-25(31)17-33-22-10-5-19(18(2)29)15-23(22)32-3/h5-10,15H,4,11-14,16-17H2,1-3H3,(H,26,30). The molecule has 0 bridgehead atoms. The lowest BCUT2D eigenvalue weighted by molar-refractivity contribution is -0.149. The number of hydrogen-bond acceptors (Lipinski definition) is 8. The maximum Gasteiger partial charge on any atom is 0.344 e. The third kappa shape index (κ3) is 6.95. The fraction of sp³-hybridized carbons (Fsp3) is 0.400. The minimum atomic E-state index is -0.700. The number of hydrogen-bond donors (Lipinski definition) is 1. The van der Waals surface area contributed by atoms with E-state index in [0.717, 1.165) is 38.4 Å². The topological polar surface area (TPSA) is 97.4 Å². The number of ether oxygens (including phenoxy) is 3. The molecule has 1 aliphatic heterocycles. The molecule has 1 saturated heterocycles. The number of piperazine rings is 1. The van der Waals surface area contributed by atoms with E-state index in [1.54, 1.807) is 12.1 Å². The van der Waals surface area contributed by atoms with Crippen LogP contribution in [0.5, 0.6) is 11.5 Å². The molecule has 9 nitrogen and oxygen atoms in total. The van der Waals surface area contributed by atoms with E-state index in [9.17, 15) is 14.4 Å². The Labute approximate surface area is 199 Å². The van der Waals surface area contributed by atoms with Gasteiger partial charge in [0.15, 0.2) is 30.5 Å². The van der Waals surface area contributed by atoms with E-state index in [2.05, 4.69) is 22.0 Å². The van der Waals surface area contributed by atoms with Gasteiger partial charge in [0.2, 0.25) is 0 Å². The Morgan fingerprint density at radius 2 is 1.65 bits per heavy atom. The largest absolute Gasteiger partial charge is 0.493 e. The van der Waals surface area contributed by atoms with Crippen molar-refractivity contribution in [1.29, 1.82) is 0 Å². The van der Waals surface area contributed by atoms with Crippen LogP contribution in [-0.2, 0) is 14.3 Å². The van der Waals surface area contributed by atoms with Crippen molar-refractivity contribution >= 4 is 29.0 Å². The van der Waals surface area contributed by atoms with Crippen LogP contribution in [0.4, 0.5) is 11.4 Å². The molecule has 182 valence electrons. The number of nitrogens with one attached hydrogen (secondary N) is 1. The van der Waals surface area contributed by atoms with Crippen LogP contribution in [0.15, 0.2) is 42.5 Å². The molecule has 34 heavy (non-hydrogen) atoms. The quantitative estimate of drug-likeness (QED) is 0.419. The van der Waals surface area contributed by atoms with Crippen molar-refractivity contribution in [2.45, 2.75) is 13.8 Å². The Morgan fingerprint density at radius 3 is 2.26 bits per heavy atom. The molecule has 0 aromatic heterocycles. The van der Waals surface area contributed by atoms with Gasteiger partial charge in [-0.1, -0.05) is 6.92 Å². The minimum absolute atomic E-state index is 0.111. The zero-order valence-corrected chi connectivity index (χ0v) is 19.8. The molecule has 1 aliphatic rings. The van der Waals surface area contributed by atoms with Crippen LogP contribution >= 0.6 is 0 Å². The number of ketones is 1. The summed E-state index contributed by atoms with van der Waals surface area (Å²) in [5, 5.41) is 2.72. The highest BCUT2D eigenvalue weighted by Gasteiger charge is 2.16. The molecule has 1 amide bonds. The first kappa shape index (κ1) is 25.0. The lowest BCUT2D eigenvalue weighted by atomic mass is 10.1. The summed E-state index contributed by atoms with van der Waals surface area (Å²) in [6.45, 7) is 7.89. The summed E-state index contributed by atoms with van der Waals surface area (Å²) in [5.74, 6) is -0.630. The molecular formula is C25H31N3O6. The van der Waals surface area contributed by atoms with Crippen LogP contribution in [-0.4, -0.2) is 75.6 Å². The van der Waals surface area contributed by atoms with Gasteiger partial charge in [-0.15, -0.1) is 0 Å². The number of nitrogens with zero attached hydrogens (tertiary/aromatic N) is 2. The number of carbonyl (C=O) groups is 3. The van der Waals surface area contributed by atoms with Crippen LogP contribution < -0.4 is 19.7 Å². The molecule has 1 heterocycles. The first-order chi connectivity index (χ1) is 16.4. The third-order valence-corrected chi connectivity index (χ3v) is 5.62. The Bertz CT molecular complexity index is 1000. The number of rotatable bonds is 10. The molecule has 9 heteroatoms. The lowest BCUT2D eigenvalue weighted by Gasteiger charge is -2.35. The number of anilines is 2. The lowest BCUT2D eigenvalue weighted by Crippen LogP contribution is -2.46. The van der Waals surface area contributed by atoms with Gasteiger partial charge in [0.25, 0.3) is 5.91 Å². The van der Waals surface area contributed by atoms with E-state index in [0.29, 0.717) is 22.7 Å². The number of carbonyl (C=O) groups excluding carboxylic acids is 3. The van der Waals surface area contributed by atoms with Crippen LogP contribution in [0.1, 0.15) is 24.2 Å². The van der Waals surface area contributed by atoms with Gasteiger partial charge in [0, 0.05) is 43.1 Å². The third-order valence-electron chi connectivity index (χ3n) is 5.62. The average molecular weight is 470 g/mol. The van der Waals surface area contributed by atoms with E-state index in [1.807, 2.05) is 24.3 Å². The maximum absolute atomic E-state index is 12.2. The van der Waals surface area contributed by atoms with E-state index in [-0.39, 0.29) is 5.78 Å². The summed E-state index contributed by atoms with van der Waals surface area (Å²) in [6, 6.07) is 12.3. The molecule has 0 radical (unpaired) electrons. The van der Waals surface area contributed by atoms with Crippen molar-refractivity contribution in [2.24, 2.45) is 0 Å². The Balaban J connectivity index is 1.42. The molecule has 2 aromatic carbocycles. The first-order valence-electron chi connectivity index (χ1n) is 11.2. The predicted octanol–water partition coefficient (Wildman–Crippen LogP) is 2.60. The second kappa shape index (κ2) is 12.0. The number of esters is 1. The molecule has 0 spiro atoms. The monoisotopic (exact) mass is 469 g/mol. The summed E-state index contributed by atoms with van der Waals surface area (Å²) >= 11 is 0. The van der Waals surface area contributed by atoms with E-state index in [4.69, 9.17) is 14.2 Å². The zero-order chi connectivity index (χ0) is 24.5. The van der Waals surface area contributed by atoms with Crippen LogP contribution in [0, 0.1) is 0 Å². The van der Waals surface area contributed by atoms with Crippen molar-refractivity contribution in [3.63, 3.8) is 0 Å². The van der Waals surface area contributed by atoms with Gasteiger partial charge >= 0.3 is 5.97 Å². The fourth-order valence-corrected chi connectivity index (χ4v) is 3.61. The summed E-state index contributed by atoms with van der Waals surface area (Å²) in [6.07, 6.45) is 0. The van der Waals surface area contributed by atoms with E-state index >= 15 is 0 Å². The van der Waals surface area contributed by atoms with Crippen LogP contribution in [0.3, 0.4) is 0 Å². The van der Waals surface area contributed by atoms with Crippen molar-refractivity contribution in [2.75, 3.05) is 63.3 Å². The van der Waals surface area contributed by atoms with E-state index in [1.165, 1.54) is 20.1 Å². The van der Waals surface area contributed by atoms with E-state index < -0.39 is 25.1 Å². The number of Topliss-reactive ketones (excluding diaryl/α,β-unsaturated/α-hetero) is 1. The highest BCUT2D eigenvalue weighted by Crippen LogP contribution is 2.28. The number of likely N-dealkylation sites (N-methyl/N-ethyl adjacent to an activating group) is 1. The molecule has 2 aromatic rings. The highest BCUT2D eigenvalue weighted by atomic mass is 16.6. The van der Waals surface area contributed by atoms with Gasteiger partial charge in [0.1, 0.15) is 0 Å². The molecule has 3 rings (SSSR count). The normalized spacial score (nSPS) is 13.8. The minimum Gasteiger partial charge on any atom is -0.493 e. The average Bonchev–Trinajstić information content (AvgIpc) is 2.86. The predicted molar refractivity (Wildman–Crippen MR) is 129 cm³/mol. The summed E-state index contributed by atoms with van der Waals surface area (Å²) < 4.78 is 15.6. The van der Waals surface area contributed by atoms with Crippen molar-refractivity contribution in [1.82, 2.24) is 4.90 Å². The summed E-state index contributed by atoms with van der Waals surface area (Å²) in [4.78, 5) is 40.3. The molecule has 0 unspecified atom stereocenters. The van der Waals surface area contributed by atoms with Gasteiger partial charge in [0.05, 0.1) is 7.11 Å². The smallest absolute Gasteiger partial charge is 0.344 e. The Hall–Kier alpha value is -3.59. The van der Waals surface area contributed by atoms with Crippen molar-refractivity contribution < 1.29 is 28.6 Å². The number of amides is 1. The maximum atomic E-state index is 12.2. The molecule has 0 aliphatic carbocycles. The molecule has 1 fully saturated rings. The highest BCUT2D eigenvalue weighted by molar-refractivity contribution is 5.95. The Kier molecular flexibility index (Phi) is 8.86. The zero-order valence-electron chi connectivity index (χ0n) is 19.8. The van der Waals surface area contributed by atoms with Gasteiger partial charge in [-0.05, 0) is 55.9 Å². The molecule has 0 saturated carbocycles. The summed E-state index contributed by atoms with van der Waals surface area (Å²) in [5.41, 5.74) is 2.21. The second-order valence-corrected chi connectivity index (χ2v) is 7.89. The van der Waals surface area contributed by atoms with Gasteiger partial charge in [-0.2, -0.15) is 0 Å². The molecule has 1 N–H and O–H groups in total. The number of methoxy groups -OCH3 is 1. The van der Waals surface area contributed by atoms with Gasteiger partial charge in [-0.25, -0.2) is 4.79 Å². The second-order valence-electron chi connectivity index (χ2n) is 7.89. The fourth-order valence-electron chi connectivity index (χ4n) is 3.61. The van der Waals surface area contributed by atoms with Gasteiger partial charge in [-0.3, -0.25) is 9.59 Å². The number of benzene rings is 2. The first-order valence-corrected chi connectivity index (χ1v) is 11.2. The SMILES string of the molecule is CCN1CCN(c2ccc(NC(=O)COC(=O)COc3ccc(C(C)=O)cc3OC)cc2)CC1. The van der Waals surface area contributed by atoms with Gasteiger partial charge < -0.3 is 29.3 Å². The Morgan fingerprint density at radius 1 is 0.941 bits per heavy atom.